The Kier molecular flexibility index (Phi) is 5.94. The zero-order valence-corrected chi connectivity index (χ0v) is 17.1. The van der Waals surface area contributed by atoms with Crippen molar-refractivity contribution in [2.45, 2.75) is 26.3 Å². The number of fused-ring (bicyclic) bond motifs is 1. The molecule has 0 N–H and O–H groups in total. The number of ether oxygens (including phenoxy) is 2. The quantitative estimate of drug-likeness (QED) is 0.614. The van der Waals surface area contributed by atoms with E-state index in [2.05, 4.69) is 24.9 Å². The number of nitrogens with zero attached hydrogens (tertiary/aromatic N) is 2. The first-order valence-corrected chi connectivity index (χ1v) is 9.67. The van der Waals surface area contributed by atoms with E-state index < -0.39 is 5.97 Å². The first-order chi connectivity index (χ1) is 13.4. The van der Waals surface area contributed by atoms with E-state index in [-0.39, 0.29) is 12.5 Å². The van der Waals surface area contributed by atoms with E-state index in [1.165, 1.54) is 24.0 Å². The number of aromatic nitrogens is 1. The number of thiazole rings is 1. The monoisotopic (exact) mass is 398 g/mol. The summed E-state index contributed by atoms with van der Waals surface area (Å²) < 4.78 is 12.6. The van der Waals surface area contributed by atoms with Gasteiger partial charge >= 0.3 is 5.97 Å². The molecule has 0 saturated carbocycles. The maximum absolute atomic E-state index is 12.6. The van der Waals surface area contributed by atoms with Gasteiger partial charge in [0.1, 0.15) is 12.3 Å². The minimum atomic E-state index is -0.397. The Balaban J connectivity index is 2.10. The number of benzene rings is 2. The maximum atomic E-state index is 12.6. The summed E-state index contributed by atoms with van der Waals surface area (Å²) in [5.74, 6) is 0.269. The third-order valence-electron chi connectivity index (χ3n) is 4.42. The van der Waals surface area contributed by atoms with Crippen molar-refractivity contribution in [3.05, 3.63) is 58.4 Å². The number of esters is 1. The lowest BCUT2D eigenvalue weighted by molar-refractivity contribution is -0.141. The minimum absolute atomic E-state index is 0.00769. The van der Waals surface area contributed by atoms with Gasteiger partial charge in [0, 0.05) is 5.56 Å². The van der Waals surface area contributed by atoms with Gasteiger partial charge in [-0.3, -0.25) is 9.59 Å². The summed E-state index contributed by atoms with van der Waals surface area (Å²) in [7, 11) is 2.91. The van der Waals surface area contributed by atoms with Crippen molar-refractivity contribution in [1.82, 2.24) is 4.57 Å². The topological polar surface area (TPSA) is 69.9 Å². The molecule has 6 nitrogen and oxygen atoms in total. The highest BCUT2D eigenvalue weighted by Crippen LogP contribution is 2.24. The lowest BCUT2D eigenvalue weighted by Gasteiger charge is -2.06. The Hall–Kier alpha value is -2.93. The van der Waals surface area contributed by atoms with Crippen molar-refractivity contribution < 1.29 is 19.1 Å². The summed E-state index contributed by atoms with van der Waals surface area (Å²) in [4.78, 5) is 29.3. The second-order valence-corrected chi connectivity index (χ2v) is 7.58. The van der Waals surface area contributed by atoms with E-state index in [1.54, 1.807) is 35.9 Å². The highest BCUT2D eigenvalue weighted by Gasteiger charge is 2.13. The Morgan fingerprint density at radius 3 is 2.43 bits per heavy atom. The number of rotatable bonds is 5. The molecule has 1 aromatic heterocycles. The second-order valence-electron chi connectivity index (χ2n) is 6.57. The molecular weight excluding hydrogens is 376 g/mol. The lowest BCUT2D eigenvalue weighted by Crippen LogP contribution is -2.22. The summed E-state index contributed by atoms with van der Waals surface area (Å²) in [5.41, 5.74) is 2.49. The van der Waals surface area contributed by atoms with Crippen LogP contribution in [0.4, 0.5) is 0 Å². The van der Waals surface area contributed by atoms with Crippen LogP contribution in [0.2, 0.25) is 0 Å². The lowest BCUT2D eigenvalue weighted by atomic mass is 10.0. The van der Waals surface area contributed by atoms with Gasteiger partial charge in [-0.05, 0) is 47.9 Å². The van der Waals surface area contributed by atoms with Gasteiger partial charge in [0.15, 0.2) is 4.80 Å². The minimum Gasteiger partial charge on any atom is -0.497 e. The Morgan fingerprint density at radius 2 is 1.82 bits per heavy atom. The summed E-state index contributed by atoms with van der Waals surface area (Å²) in [5, 5.41) is 0. The van der Waals surface area contributed by atoms with Crippen LogP contribution >= 0.6 is 11.3 Å². The molecule has 146 valence electrons. The number of carbonyl (C=O) groups is 2. The fourth-order valence-corrected chi connectivity index (χ4v) is 3.84. The van der Waals surface area contributed by atoms with Gasteiger partial charge in [0.25, 0.3) is 5.91 Å². The van der Waals surface area contributed by atoms with E-state index >= 15 is 0 Å². The average molecular weight is 398 g/mol. The number of carbonyl (C=O) groups excluding carboxylic acids is 2. The summed E-state index contributed by atoms with van der Waals surface area (Å²) in [6, 6.07) is 12.8. The molecule has 0 fully saturated rings. The molecular formula is C21H22N2O4S. The van der Waals surface area contributed by atoms with Gasteiger partial charge in [-0.1, -0.05) is 31.3 Å². The molecule has 3 aromatic rings. The van der Waals surface area contributed by atoms with Crippen molar-refractivity contribution in [2.24, 2.45) is 4.99 Å². The van der Waals surface area contributed by atoms with Crippen LogP contribution in [0.1, 0.15) is 35.7 Å². The van der Waals surface area contributed by atoms with Gasteiger partial charge in [-0.15, -0.1) is 0 Å². The molecule has 0 unspecified atom stereocenters. The molecule has 0 spiro atoms. The fraction of sp³-hybridized carbons (Fsp3) is 0.286. The smallest absolute Gasteiger partial charge is 0.325 e. The van der Waals surface area contributed by atoms with Gasteiger partial charge in [0.05, 0.1) is 24.4 Å². The van der Waals surface area contributed by atoms with Gasteiger partial charge in [-0.25, -0.2) is 0 Å². The highest BCUT2D eigenvalue weighted by atomic mass is 32.1. The number of methoxy groups -OCH3 is 2. The van der Waals surface area contributed by atoms with E-state index in [0.29, 0.717) is 22.0 Å². The van der Waals surface area contributed by atoms with Crippen molar-refractivity contribution >= 4 is 33.4 Å². The van der Waals surface area contributed by atoms with Crippen LogP contribution in [-0.2, 0) is 16.1 Å². The van der Waals surface area contributed by atoms with Crippen LogP contribution in [-0.4, -0.2) is 30.7 Å². The fourth-order valence-electron chi connectivity index (χ4n) is 2.77. The van der Waals surface area contributed by atoms with E-state index in [4.69, 9.17) is 9.47 Å². The zero-order chi connectivity index (χ0) is 20.3. The van der Waals surface area contributed by atoms with Crippen molar-refractivity contribution in [3.63, 3.8) is 0 Å². The molecule has 0 aliphatic carbocycles. The second kappa shape index (κ2) is 8.39. The number of amides is 1. The normalized spacial score (nSPS) is 11.8. The van der Waals surface area contributed by atoms with Crippen molar-refractivity contribution in [1.29, 1.82) is 0 Å². The Morgan fingerprint density at radius 1 is 1.11 bits per heavy atom. The summed E-state index contributed by atoms with van der Waals surface area (Å²) in [6.45, 7) is 4.23. The molecule has 0 bridgehead atoms. The Labute approximate surface area is 167 Å². The van der Waals surface area contributed by atoms with E-state index in [0.717, 1.165) is 10.2 Å². The molecule has 0 atom stereocenters. The molecule has 7 heteroatoms. The van der Waals surface area contributed by atoms with E-state index in [1.807, 2.05) is 12.1 Å². The van der Waals surface area contributed by atoms with Crippen molar-refractivity contribution in [2.75, 3.05) is 14.2 Å². The first kappa shape index (κ1) is 19.8. The molecule has 1 amide bonds. The maximum Gasteiger partial charge on any atom is 0.325 e. The molecule has 3 rings (SSSR count). The molecule has 28 heavy (non-hydrogen) atoms. The summed E-state index contributed by atoms with van der Waals surface area (Å²) in [6.07, 6.45) is 0. The number of hydrogen-bond acceptors (Lipinski definition) is 5. The van der Waals surface area contributed by atoms with Crippen LogP contribution in [0, 0.1) is 0 Å². The molecule has 0 aliphatic rings. The standard InChI is InChI=1S/C21H22N2O4S/c1-13(2)15-7-10-17-18(11-15)28-21(23(17)12-19(24)27-4)22-20(25)14-5-8-16(26-3)9-6-14/h5-11,13H,12H2,1-4H3. The van der Waals surface area contributed by atoms with Crippen LogP contribution in [0.15, 0.2) is 47.5 Å². The SMILES string of the molecule is COC(=O)Cn1c(=NC(=O)c2ccc(OC)cc2)sc2cc(C(C)C)ccc21. The van der Waals surface area contributed by atoms with Crippen LogP contribution in [0.5, 0.6) is 5.75 Å². The molecule has 0 radical (unpaired) electrons. The van der Waals surface area contributed by atoms with Gasteiger partial charge < -0.3 is 14.0 Å². The third-order valence-corrected chi connectivity index (χ3v) is 5.46. The Bertz CT molecular complexity index is 1080. The molecule has 1 heterocycles. The van der Waals surface area contributed by atoms with Crippen molar-refractivity contribution in [3.8, 4) is 5.75 Å². The predicted molar refractivity (Wildman–Crippen MR) is 109 cm³/mol. The largest absolute Gasteiger partial charge is 0.497 e. The average Bonchev–Trinajstić information content (AvgIpc) is 3.03. The molecule has 2 aromatic carbocycles. The third kappa shape index (κ3) is 4.14. The van der Waals surface area contributed by atoms with Gasteiger partial charge in [0.2, 0.25) is 0 Å². The van der Waals surface area contributed by atoms with Crippen LogP contribution in [0.25, 0.3) is 10.2 Å². The molecule has 0 aliphatic heterocycles. The van der Waals surface area contributed by atoms with Crippen LogP contribution < -0.4 is 9.54 Å². The highest BCUT2D eigenvalue weighted by molar-refractivity contribution is 7.16. The first-order valence-electron chi connectivity index (χ1n) is 8.86. The molecule has 0 saturated heterocycles. The zero-order valence-electron chi connectivity index (χ0n) is 16.3. The summed E-state index contributed by atoms with van der Waals surface area (Å²) >= 11 is 1.38. The van der Waals surface area contributed by atoms with Gasteiger partial charge in [-0.2, -0.15) is 4.99 Å². The van der Waals surface area contributed by atoms with Crippen LogP contribution in [0.3, 0.4) is 0 Å². The predicted octanol–water partition coefficient (Wildman–Crippen LogP) is 3.75. The number of hydrogen-bond donors (Lipinski definition) is 0. The van der Waals surface area contributed by atoms with E-state index in [9.17, 15) is 9.59 Å².